The minimum atomic E-state index is 0.670. The molecule has 1 aromatic rings. The van der Waals surface area contributed by atoms with Crippen molar-refractivity contribution >= 4 is 6.29 Å². The largest absolute Gasteiger partial charge is 0.494 e. The van der Waals surface area contributed by atoms with Gasteiger partial charge >= 0.3 is 0 Å². The summed E-state index contributed by atoms with van der Waals surface area (Å²) in [5.41, 5.74) is 0.670. The lowest BCUT2D eigenvalue weighted by Gasteiger charge is -2.39. The molecule has 1 aromatic carbocycles. The molecule has 1 aliphatic rings. The van der Waals surface area contributed by atoms with Gasteiger partial charge in [0, 0.05) is 17.6 Å². The third-order valence-electron chi connectivity index (χ3n) is 4.45. The number of piperidine rings is 1. The Morgan fingerprint density at radius 3 is 2.71 bits per heavy atom. The lowest BCUT2D eigenvalue weighted by Crippen LogP contribution is -2.44. The average molecular weight is 289 g/mol. The van der Waals surface area contributed by atoms with Gasteiger partial charge in [-0.05, 0) is 58.2 Å². The van der Waals surface area contributed by atoms with Crippen molar-refractivity contribution in [3.63, 3.8) is 0 Å². The van der Waals surface area contributed by atoms with Crippen LogP contribution in [-0.4, -0.2) is 36.4 Å². The molecule has 2 rings (SSSR count). The van der Waals surface area contributed by atoms with Crippen LogP contribution in [0.3, 0.4) is 0 Å². The fraction of sp³-hybridized carbons (Fsp3) is 0.611. The summed E-state index contributed by atoms with van der Waals surface area (Å²) in [4.78, 5) is 13.3. The van der Waals surface area contributed by atoms with E-state index in [9.17, 15) is 4.79 Å². The van der Waals surface area contributed by atoms with Crippen molar-refractivity contribution in [2.24, 2.45) is 0 Å². The number of carbonyl (C=O) groups is 1. The number of benzene rings is 1. The monoisotopic (exact) mass is 289 g/mol. The summed E-state index contributed by atoms with van der Waals surface area (Å²) in [6.07, 6.45) is 7.11. The van der Waals surface area contributed by atoms with Crippen LogP contribution < -0.4 is 4.74 Å². The van der Waals surface area contributed by atoms with Crippen molar-refractivity contribution in [3.8, 4) is 5.75 Å². The first-order chi connectivity index (χ1) is 10.2. The van der Waals surface area contributed by atoms with E-state index in [1.54, 1.807) is 12.1 Å². The van der Waals surface area contributed by atoms with Crippen molar-refractivity contribution in [1.29, 1.82) is 0 Å². The van der Waals surface area contributed by atoms with Gasteiger partial charge in [0.25, 0.3) is 0 Å². The van der Waals surface area contributed by atoms with E-state index in [4.69, 9.17) is 4.74 Å². The Kier molecular flexibility index (Phi) is 6.24. The van der Waals surface area contributed by atoms with Crippen LogP contribution in [0, 0.1) is 0 Å². The molecular formula is C18H27NO2. The number of aldehydes is 1. The van der Waals surface area contributed by atoms with Crippen LogP contribution in [0.5, 0.6) is 5.75 Å². The topological polar surface area (TPSA) is 29.5 Å². The second-order valence-corrected chi connectivity index (χ2v) is 6.11. The Morgan fingerprint density at radius 2 is 2.00 bits per heavy atom. The van der Waals surface area contributed by atoms with Gasteiger partial charge in [-0.25, -0.2) is 0 Å². The highest BCUT2D eigenvalue weighted by Crippen LogP contribution is 2.22. The van der Waals surface area contributed by atoms with Gasteiger partial charge in [0.2, 0.25) is 0 Å². The minimum absolute atomic E-state index is 0.670. The third kappa shape index (κ3) is 4.85. The van der Waals surface area contributed by atoms with Gasteiger partial charge in [-0.3, -0.25) is 9.69 Å². The second-order valence-electron chi connectivity index (χ2n) is 6.11. The maximum Gasteiger partial charge on any atom is 0.150 e. The Hall–Kier alpha value is -1.35. The van der Waals surface area contributed by atoms with Gasteiger partial charge in [0.05, 0.1) is 6.61 Å². The Balaban J connectivity index is 1.66. The molecule has 0 spiro atoms. The predicted octanol–water partition coefficient (Wildman–Crippen LogP) is 3.92. The fourth-order valence-electron chi connectivity index (χ4n) is 3.18. The first kappa shape index (κ1) is 16.0. The average Bonchev–Trinajstić information content (AvgIpc) is 2.50. The molecule has 0 unspecified atom stereocenters. The molecule has 21 heavy (non-hydrogen) atoms. The van der Waals surface area contributed by atoms with E-state index in [-0.39, 0.29) is 0 Å². The summed E-state index contributed by atoms with van der Waals surface area (Å²) in [7, 11) is 0. The van der Waals surface area contributed by atoms with E-state index in [1.807, 2.05) is 12.1 Å². The fourth-order valence-corrected chi connectivity index (χ4v) is 3.18. The quantitative estimate of drug-likeness (QED) is 0.563. The van der Waals surface area contributed by atoms with Gasteiger partial charge in [-0.2, -0.15) is 0 Å². The molecular weight excluding hydrogens is 262 g/mol. The first-order valence-corrected chi connectivity index (χ1v) is 8.14. The number of carbonyl (C=O) groups excluding carboxylic acids is 1. The summed E-state index contributed by atoms with van der Waals surface area (Å²) in [5.74, 6) is 0.791. The normalized spacial score (nSPS) is 23.0. The van der Waals surface area contributed by atoms with Gasteiger partial charge in [0.1, 0.15) is 12.0 Å². The molecule has 0 aromatic heterocycles. The SMILES string of the molecule is C[C@H]1CCC[C@H](C)N1CCCCOc1cccc(C=O)c1. The van der Waals surface area contributed by atoms with Crippen LogP contribution >= 0.6 is 0 Å². The molecule has 0 saturated carbocycles. The molecule has 1 saturated heterocycles. The van der Waals surface area contributed by atoms with Crippen molar-refractivity contribution in [3.05, 3.63) is 29.8 Å². The first-order valence-electron chi connectivity index (χ1n) is 8.14. The van der Waals surface area contributed by atoms with Gasteiger partial charge in [0.15, 0.2) is 0 Å². The summed E-state index contributed by atoms with van der Waals surface area (Å²) in [6, 6.07) is 8.79. The van der Waals surface area contributed by atoms with Crippen molar-refractivity contribution in [2.75, 3.05) is 13.2 Å². The summed E-state index contributed by atoms with van der Waals surface area (Å²) >= 11 is 0. The zero-order chi connectivity index (χ0) is 15.1. The van der Waals surface area contributed by atoms with Crippen LogP contribution in [0.15, 0.2) is 24.3 Å². The summed E-state index contributed by atoms with van der Waals surface area (Å²) < 4.78 is 5.71. The molecule has 3 nitrogen and oxygen atoms in total. The molecule has 0 aliphatic carbocycles. The van der Waals surface area contributed by atoms with E-state index in [1.165, 1.54) is 32.2 Å². The molecule has 2 atom stereocenters. The molecule has 116 valence electrons. The van der Waals surface area contributed by atoms with E-state index >= 15 is 0 Å². The Bertz CT molecular complexity index is 437. The number of likely N-dealkylation sites (tertiary alicyclic amines) is 1. The highest BCUT2D eigenvalue weighted by atomic mass is 16.5. The van der Waals surface area contributed by atoms with Crippen molar-refractivity contribution in [1.82, 2.24) is 4.90 Å². The molecule has 1 fully saturated rings. The Labute approximate surface area is 128 Å². The highest BCUT2D eigenvalue weighted by Gasteiger charge is 2.23. The summed E-state index contributed by atoms with van der Waals surface area (Å²) in [5, 5.41) is 0. The van der Waals surface area contributed by atoms with E-state index in [0.717, 1.165) is 37.1 Å². The van der Waals surface area contributed by atoms with Gasteiger partial charge in [-0.1, -0.05) is 18.6 Å². The van der Waals surface area contributed by atoms with Crippen LogP contribution in [-0.2, 0) is 0 Å². The van der Waals surface area contributed by atoms with Crippen LogP contribution in [0.1, 0.15) is 56.3 Å². The van der Waals surface area contributed by atoms with Gasteiger partial charge in [-0.15, -0.1) is 0 Å². The van der Waals surface area contributed by atoms with E-state index in [0.29, 0.717) is 5.56 Å². The van der Waals surface area contributed by atoms with E-state index < -0.39 is 0 Å². The van der Waals surface area contributed by atoms with Crippen LogP contribution in [0.2, 0.25) is 0 Å². The number of nitrogens with zero attached hydrogens (tertiary/aromatic N) is 1. The molecule has 0 N–H and O–H groups in total. The van der Waals surface area contributed by atoms with Crippen molar-refractivity contribution < 1.29 is 9.53 Å². The lowest BCUT2D eigenvalue weighted by atomic mass is 9.97. The highest BCUT2D eigenvalue weighted by molar-refractivity contribution is 5.75. The smallest absolute Gasteiger partial charge is 0.150 e. The molecule has 0 amide bonds. The molecule has 1 aliphatic heterocycles. The minimum Gasteiger partial charge on any atom is -0.494 e. The predicted molar refractivity (Wildman–Crippen MR) is 86.0 cm³/mol. The summed E-state index contributed by atoms with van der Waals surface area (Å²) in [6.45, 7) is 6.58. The number of unbranched alkanes of at least 4 members (excludes halogenated alkanes) is 1. The Morgan fingerprint density at radius 1 is 1.24 bits per heavy atom. The zero-order valence-corrected chi connectivity index (χ0v) is 13.3. The molecule has 0 bridgehead atoms. The number of rotatable bonds is 7. The second kappa shape index (κ2) is 8.18. The van der Waals surface area contributed by atoms with E-state index in [2.05, 4.69) is 18.7 Å². The lowest BCUT2D eigenvalue weighted by molar-refractivity contribution is 0.0996. The number of ether oxygens (including phenoxy) is 1. The zero-order valence-electron chi connectivity index (χ0n) is 13.3. The van der Waals surface area contributed by atoms with Crippen molar-refractivity contribution in [2.45, 2.75) is 58.0 Å². The molecule has 3 heteroatoms. The van der Waals surface area contributed by atoms with Gasteiger partial charge < -0.3 is 4.74 Å². The molecule has 0 radical (unpaired) electrons. The number of hydrogen-bond donors (Lipinski definition) is 0. The standard InChI is InChI=1S/C18H27NO2/c1-15-7-5-8-16(2)19(15)11-3-4-12-21-18-10-6-9-17(13-18)14-20/h6,9-10,13-16H,3-5,7-8,11-12H2,1-2H3/t15-,16-/m0/s1. The molecule has 1 heterocycles. The maximum atomic E-state index is 10.7. The third-order valence-corrected chi connectivity index (χ3v) is 4.45. The van der Waals surface area contributed by atoms with Crippen LogP contribution in [0.25, 0.3) is 0 Å². The maximum absolute atomic E-state index is 10.7. The van der Waals surface area contributed by atoms with Crippen LogP contribution in [0.4, 0.5) is 0 Å². The number of hydrogen-bond acceptors (Lipinski definition) is 3.